The van der Waals surface area contributed by atoms with Crippen LogP contribution in [0.1, 0.15) is 19.3 Å². The molecule has 0 saturated heterocycles. The summed E-state index contributed by atoms with van der Waals surface area (Å²) in [7, 11) is 0. The molecule has 2 unspecified atom stereocenters. The van der Waals surface area contributed by atoms with E-state index in [1.807, 2.05) is 24.3 Å². The van der Waals surface area contributed by atoms with Gasteiger partial charge in [-0.15, -0.1) is 0 Å². The molecule has 2 N–H and O–H groups in total. The van der Waals surface area contributed by atoms with Crippen LogP contribution in [0.3, 0.4) is 0 Å². The number of benzene rings is 2. The Balaban J connectivity index is 1.75. The summed E-state index contributed by atoms with van der Waals surface area (Å²) >= 11 is 0. The summed E-state index contributed by atoms with van der Waals surface area (Å²) in [6.07, 6.45) is 2.11. The topological polar surface area (TPSA) is 49.7 Å². The van der Waals surface area contributed by atoms with Crippen LogP contribution in [-0.4, -0.2) is 22.4 Å². The highest BCUT2D eigenvalue weighted by molar-refractivity contribution is 5.65. The van der Waals surface area contributed by atoms with Gasteiger partial charge in [-0.1, -0.05) is 18.2 Å². The Morgan fingerprint density at radius 2 is 1.71 bits per heavy atom. The third-order valence-corrected chi connectivity index (χ3v) is 3.84. The van der Waals surface area contributed by atoms with Gasteiger partial charge in [0.15, 0.2) is 11.6 Å². The fraction of sp³-hybridized carbons (Fsp3) is 0.294. The molecule has 4 heteroatoms. The second-order valence-corrected chi connectivity index (χ2v) is 5.35. The SMILES string of the molecule is Oc1ccc(-c2ccc(OC3CCCC3O)cc2)cc1F. The highest BCUT2D eigenvalue weighted by atomic mass is 19.1. The van der Waals surface area contributed by atoms with Crippen LogP contribution in [0.4, 0.5) is 4.39 Å². The smallest absolute Gasteiger partial charge is 0.165 e. The van der Waals surface area contributed by atoms with Crippen LogP contribution in [0.15, 0.2) is 42.5 Å². The number of hydrogen-bond acceptors (Lipinski definition) is 3. The van der Waals surface area contributed by atoms with Crippen LogP contribution in [0, 0.1) is 5.82 Å². The van der Waals surface area contributed by atoms with E-state index >= 15 is 0 Å². The second-order valence-electron chi connectivity index (χ2n) is 5.35. The summed E-state index contributed by atoms with van der Waals surface area (Å²) in [5.41, 5.74) is 1.53. The average Bonchev–Trinajstić information content (AvgIpc) is 2.88. The Bertz CT molecular complexity index is 624. The molecule has 1 saturated carbocycles. The molecule has 3 rings (SSSR count). The van der Waals surface area contributed by atoms with Crippen molar-refractivity contribution in [1.29, 1.82) is 0 Å². The molecule has 2 aromatic rings. The molecule has 1 aliphatic rings. The van der Waals surface area contributed by atoms with Gasteiger partial charge < -0.3 is 14.9 Å². The van der Waals surface area contributed by atoms with E-state index < -0.39 is 11.9 Å². The largest absolute Gasteiger partial charge is 0.505 e. The van der Waals surface area contributed by atoms with E-state index in [4.69, 9.17) is 4.74 Å². The molecule has 1 aliphatic carbocycles. The fourth-order valence-corrected chi connectivity index (χ4v) is 2.63. The molecular formula is C17H17FO3. The van der Waals surface area contributed by atoms with Gasteiger partial charge in [0.25, 0.3) is 0 Å². The van der Waals surface area contributed by atoms with Crippen molar-refractivity contribution >= 4 is 0 Å². The minimum Gasteiger partial charge on any atom is -0.505 e. The lowest BCUT2D eigenvalue weighted by molar-refractivity contribution is 0.0604. The third kappa shape index (κ3) is 3.00. The normalized spacial score (nSPS) is 21.4. The maximum absolute atomic E-state index is 13.4. The molecule has 1 fully saturated rings. The van der Waals surface area contributed by atoms with E-state index in [1.54, 1.807) is 6.07 Å². The number of hydrogen-bond donors (Lipinski definition) is 2. The summed E-state index contributed by atoms with van der Waals surface area (Å²) in [4.78, 5) is 0. The Kier molecular flexibility index (Phi) is 3.80. The van der Waals surface area contributed by atoms with E-state index in [9.17, 15) is 14.6 Å². The van der Waals surface area contributed by atoms with Crippen LogP contribution < -0.4 is 4.74 Å². The predicted octanol–water partition coefficient (Wildman–Crippen LogP) is 3.49. The summed E-state index contributed by atoms with van der Waals surface area (Å²) in [6, 6.07) is 11.6. The number of rotatable bonds is 3. The number of phenols is 1. The number of halogens is 1. The summed E-state index contributed by atoms with van der Waals surface area (Å²) in [6.45, 7) is 0. The zero-order valence-corrected chi connectivity index (χ0v) is 11.5. The van der Waals surface area contributed by atoms with Crippen LogP contribution in [0.25, 0.3) is 11.1 Å². The Hall–Kier alpha value is -2.07. The lowest BCUT2D eigenvalue weighted by Crippen LogP contribution is -2.25. The number of aromatic hydroxyl groups is 1. The van der Waals surface area contributed by atoms with Gasteiger partial charge in [-0.25, -0.2) is 4.39 Å². The summed E-state index contributed by atoms with van der Waals surface area (Å²) < 4.78 is 19.1. The molecule has 0 aliphatic heterocycles. The standard InChI is InChI=1S/C17H17FO3/c18-14-10-12(6-9-15(14)19)11-4-7-13(8-5-11)21-17-3-1-2-16(17)20/h4-10,16-17,19-20H,1-3H2. The second kappa shape index (κ2) is 5.74. The first kappa shape index (κ1) is 13.9. The average molecular weight is 288 g/mol. The fourth-order valence-electron chi connectivity index (χ4n) is 2.63. The van der Waals surface area contributed by atoms with Crippen molar-refractivity contribution in [2.45, 2.75) is 31.5 Å². The maximum atomic E-state index is 13.4. The van der Waals surface area contributed by atoms with Gasteiger partial charge in [-0.3, -0.25) is 0 Å². The van der Waals surface area contributed by atoms with Crippen molar-refractivity contribution in [2.24, 2.45) is 0 Å². The van der Waals surface area contributed by atoms with Crippen LogP contribution in [0.5, 0.6) is 11.5 Å². The monoisotopic (exact) mass is 288 g/mol. The molecule has 0 amide bonds. The maximum Gasteiger partial charge on any atom is 0.165 e. The lowest BCUT2D eigenvalue weighted by Gasteiger charge is -2.17. The van der Waals surface area contributed by atoms with Crippen LogP contribution >= 0.6 is 0 Å². The van der Waals surface area contributed by atoms with E-state index in [1.165, 1.54) is 12.1 Å². The van der Waals surface area contributed by atoms with Crippen molar-refractivity contribution in [3.63, 3.8) is 0 Å². The first-order valence-corrected chi connectivity index (χ1v) is 7.07. The third-order valence-electron chi connectivity index (χ3n) is 3.84. The van der Waals surface area contributed by atoms with Gasteiger partial charge in [-0.05, 0) is 54.7 Å². The quantitative estimate of drug-likeness (QED) is 0.909. The minimum absolute atomic E-state index is 0.137. The van der Waals surface area contributed by atoms with Crippen molar-refractivity contribution in [1.82, 2.24) is 0 Å². The minimum atomic E-state index is -0.637. The molecule has 0 heterocycles. The number of aliphatic hydroxyl groups is 1. The van der Waals surface area contributed by atoms with Crippen molar-refractivity contribution in [3.8, 4) is 22.6 Å². The van der Waals surface area contributed by atoms with E-state index in [0.29, 0.717) is 11.3 Å². The molecule has 0 aromatic heterocycles. The van der Waals surface area contributed by atoms with Gasteiger partial charge in [0, 0.05) is 0 Å². The Morgan fingerprint density at radius 3 is 2.33 bits per heavy atom. The molecule has 2 aromatic carbocycles. The molecular weight excluding hydrogens is 271 g/mol. The highest BCUT2D eigenvalue weighted by Gasteiger charge is 2.26. The molecule has 0 spiro atoms. The van der Waals surface area contributed by atoms with Crippen molar-refractivity contribution < 1.29 is 19.3 Å². The lowest BCUT2D eigenvalue weighted by atomic mass is 10.1. The van der Waals surface area contributed by atoms with E-state index in [-0.39, 0.29) is 11.9 Å². The molecule has 3 nitrogen and oxygen atoms in total. The van der Waals surface area contributed by atoms with E-state index in [2.05, 4.69) is 0 Å². The van der Waals surface area contributed by atoms with Gasteiger partial charge in [0.1, 0.15) is 11.9 Å². The summed E-state index contributed by atoms with van der Waals surface area (Å²) in [5, 5.41) is 18.9. The van der Waals surface area contributed by atoms with Gasteiger partial charge in [0.05, 0.1) is 6.10 Å². The highest BCUT2D eigenvalue weighted by Crippen LogP contribution is 2.28. The van der Waals surface area contributed by atoms with Gasteiger partial charge in [0.2, 0.25) is 0 Å². The molecule has 21 heavy (non-hydrogen) atoms. The molecule has 0 bridgehead atoms. The first-order chi connectivity index (χ1) is 10.1. The number of ether oxygens (including phenoxy) is 1. The van der Waals surface area contributed by atoms with Gasteiger partial charge in [-0.2, -0.15) is 0 Å². The molecule has 0 radical (unpaired) electrons. The van der Waals surface area contributed by atoms with Gasteiger partial charge >= 0.3 is 0 Å². The van der Waals surface area contributed by atoms with Crippen LogP contribution in [-0.2, 0) is 0 Å². The van der Waals surface area contributed by atoms with E-state index in [0.717, 1.165) is 24.8 Å². The molecule has 110 valence electrons. The zero-order chi connectivity index (χ0) is 14.8. The first-order valence-electron chi connectivity index (χ1n) is 7.07. The zero-order valence-electron chi connectivity index (χ0n) is 11.5. The Labute approximate surface area is 122 Å². The Morgan fingerprint density at radius 1 is 1.00 bits per heavy atom. The van der Waals surface area contributed by atoms with Crippen molar-refractivity contribution in [2.75, 3.05) is 0 Å². The van der Waals surface area contributed by atoms with Crippen LogP contribution in [0.2, 0.25) is 0 Å². The van der Waals surface area contributed by atoms with Crippen molar-refractivity contribution in [3.05, 3.63) is 48.3 Å². The number of phenolic OH excluding ortho intramolecular Hbond substituents is 1. The predicted molar refractivity (Wildman–Crippen MR) is 77.8 cm³/mol. The molecule has 2 atom stereocenters. The number of aliphatic hydroxyl groups excluding tert-OH is 1. The summed E-state index contributed by atoms with van der Waals surface area (Å²) in [5.74, 6) is -0.292.